The molecule has 2 saturated carbocycles. The molecule has 1 aromatic carbocycles. The maximum absolute atomic E-state index is 13.6. The van der Waals surface area contributed by atoms with Gasteiger partial charge in [0.15, 0.2) is 0 Å². The predicted molar refractivity (Wildman–Crippen MR) is 132 cm³/mol. The fourth-order valence-corrected chi connectivity index (χ4v) is 8.72. The number of hydrogen-bond acceptors (Lipinski definition) is 4. The number of ether oxygens (including phenoxy) is 1. The zero-order chi connectivity index (χ0) is 27.1. The average molecular weight is 584 g/mol. The zero-order valence-electron chi connectivity index (χ0n) is 20.3. The zero-order valence-corrected chi connectivity index (χ0v) is 22.6. The van der Waals surface area contributed by atoms with E-state index >= 15 is 0 Å². The fraction of sp³-hybridized carbons (Fsp3) is 0.680. The SMILES string of the molecule is C[C@H]1CC23CCC(N(C)C(=O)OCC(Cl)(Cl)Cl)C1C21CCN(C(=O)C(F)(F)F)C3Cc2ccc(O)cc21. The predicted octanol–water partition coefficient (Wildman–Crippen LogP) is 5.59. The van der Waals surface area contributed by atoms with Crippen molar-refractivity contribution < 1.29 is 32.6 Å². The van der Waals surface area contributed by atoms with Gasteiger partial charge in [-0.3, -0.25) is 4.79 Å². The molecule has 0 spiro atoms. The van der Waals surface area contributed by atoms with Crippen molar-refractivity contribution in [3.05, 3.63) is 29.3 Å². The summed E-state index contributed by atoms with van der Waals surface area (Å²) in [6.45, 7) is 1.60. The third-order valence-corrected chi connectivity index (χ3v) is 9.78. The maximum atomic E-state index is 13.6. The van der Waals surface area contributed by atoms with Gasteiger partial charge in [-0.1, -0.05) is 47.8 Å². The topological polar surface area (TPSA) is 70.1 Å². The number of likely N-dealkylation sites (tertiary alicyclic amines) is 1. The molecule has 5 rings (SSSR count). The quantitative estimate of drug-likeness (QED) is 0.461. The minimum Gasteiger partial charge on any atom is -0.508 e. The van der Waals surface area contributed by atoms with Crippen LogP contribution in [0.5, 0.6) is 5.75 Å². The number of alkyl halides is 6. The number of halogens is 6. The third-order valence-electron chi connectivity index (χ3n) is 9.45. The second kappa shape index (κ2) is 8.71. The van der Waals surface area contributed by atoms with Gasteiger partial charge in [0.1, 0.15) is 12.4 Å². The first-order chi connectivity index (χ1) is 17.1. The van der Waals surface area contributed by atoms with Crippen LogP contribution in [0.4, 0.5) is 18.0 Å². The van der Waals surface area contributed by atoms with Gasteiger partial charge in [-0.05, 0) is 67.2 Å². The highest BCUT2D eigenvalue weighted by molar-refractivity contribution is 6.67. The number of phenols is 1. The van der Waals surface area contributed by atoms with Gasteiger partial charge in [-0.2, -0.15) is 13.2 Å². The number of piperidine rings is 1. The van der Waals surface area contributed by atoms with E-state index in [1.165, 1.54) is 11.0 Å². The molecule has 12 heteroatoms. The molecule has 4 aliphatic rings. The lowest BCUT2D eigenvalue weighted by atomic mass is 9.43. The number of fused-ring (bicyclic) bond motifs is 1. The molecule has 2 amide bonds. The normalized spacial score (nSPS) is 34.4. The number of benzene rings is 1. The van der Waals surface area contributed by atoms with E-state index < -0.39 is 45.4 Å². The summed E-state index contributed by atoms with van der Waals surface area (Å²) >= 11 is 17.3. The van der Waals surface area contributed by atoms with Crippen LogP contribution in [0.3, 0.4) is 0 Å². The number of hydrogen-bond donors (Lipinski definition) is 1. The molecule has 204 valence electrons. The molecule has 1 N–H and O–H groups in total. The maximum Gasteiger partial charge on any atom is 0.471 e. The van der Waals surface area contributed by atoms with Crippen LogP contribution in [0.2, 0.25) is 0 Å². The summed E-state index contributed by atoms with van der Waals surface area (Å²) < 4.78 is 44.4. The number of aromatic hydroxyl groups is 1. The smallest absolute Gasteiger partial charge is 0.471 e. The van der Waals surface area contributed by atoms with Gasteiger partial charge in [0.2, 0.25) is 3.79 Å². The van der Waals surface area contributed by atoms with E-state index in [0.29, 0.717) is 32.1 Å². The van der Waals surface area contributed by atoms with Crippen molar-refractivity contribution in [2.45, 2.75) is 66.5 Å². The van der Waals surface area contributed by atoms with E-state index in [2.05, 4.69) is 6.92 Å². The van der Waals surface area contributed by atoms with Crippen LogP contribution < -0.4 is 0 Å². The lowest BCUT2D eigenvalue weighted by molar-refractivity contribution is -0.199. The molecule has 5 unspecified atom stereocenters. The Kier molecular flexibility index (Phi) is 6.36. The minimum absolute atomic E-state index is 0.0349. The largest absolute Gasteiger partial charge is 0.508 e. The molecule has 3 fully saturated rings. The van der Waals surface area contributed by atoms with Crippen molar-refractivity contribution >= 4 is 46.8 Å². The van der Waals surface area contributed by atoms with Crippen molar-refractivity contribution in [1.82, 2.24) is 9.80 Å². The first-order valence-corrected chi connectivity index (χ1v) is 13.4. The molecular formula is C25H28Cl3F3N2O4. The first kappa shape index (κ1) is 27.0. The summed E-state index contributed by atoms with van der Waals surface area (Å²) in [6.07, 6.45) is -3.32. The van der Waals surface area contributed by atoms with Crippen LogP contribution in [0, 0.1) is 17.3 Å². The first-order valence-electron chi connectivity index (χ1n) is 12.3. The fourth-order valence-electron chi connectivity index (χ4n) is 8.56. The van der Waals surface area contributed by atoms with Crippen molar-refractivity contribution in [2.75, 3.05) is 20.2 Å². The third kappa shape index (κ3) is 3.97. The summed E-state index contributed by atoms with van der Waals surface area (Å²) in [5.74, 6) is -1.81. The van der Waals surface area contributed by atoms with Gasteiger partial charge in [0.25, 0.3) is 0 Å². The molecule has 1 heterocycles. The number of carbonyl (C=O) groups excluding carboxylic acids is 2. The molecule has 6 atom stereocenters. The molecule has 0 aromatic heterocycles. The number of carbonyl (C=O) groups is 2. The van der Waals surface area contributed by atoms with Crippen molar-refractivity contribution in [1.29, 1.82) is 0 Å². The van der Waals surface area contributed by atoms with E-state index in [0.717, 1.165) is 16.0 Å². The van der Waals surface area contributed by atoms with Gasteiger partial charge in [0, 0.05) is 36.5 Å². The molecule has 37 heavy (non-hydrogen) atoms. The summed E-state index contributed by atoms with van der Waals surface area (Å²) in [5, 5.41) is 10.4. The van der Waals surface area contributed by atoms with Gasteiger partial charge in [0.05, 0.1) is 0 Å². The highest BCUT2D eigenvalue weighted by atomic mass is 35.6. The van der Waals surface area contributed by atoms with E-state index in [1.807, 2.05) is 0 Å². The Hall–Kier alpha value is -1.58. The average Bonchev–Trinajstić information content (AvgIpc) is 2.97. The Morgan fingerprint density at radius 1 is 1.24 bits per heavy atom. The lowest BCUT2D eigenvalue weighted by Crippen LogP contribution is -2.71. The van der Waals surface area contributed by atoms with Crippen molar-refractivity contribution in [2.24, 2.45) is 17.3 Å². The van der Waals surface area contributed by atoms with E-state index in [1.54, 1.807) is 19.2 Å². The van der Waals surface area contributed by atoms with Crippen LogP contribution >= 0.6 is 34.8 Å². The molecule has 6 nitrogen and oxygen atoms in total. The van der Waals surface area contributed by atoms with Gasteiger partial charge in [-0.25, -0.2) is 4.79 Å². The summed E-state index contributed by atoms with van der Waals surface area (Å²) in [7, 11) is 1.63. The van der Waals surface area contributed by atoms with E-state index in [4.69, 9.17) is 39.5 Å². The van der Waals surface area contributed by atoms with Gasteiger partial charge in [-0.15, -0.1) is 0 Å². The molecular weight excluding hydrogens is 556 g/mol. The highest BCUT2D eigenvalue weighted by Gasteiger charge is 2.74. The summed E-state index contributed by atoms with van der Waals surface area (Å²) in [6, 6.07) is 4.11. The van der Waals surface area contributed by atoms with Crippen molar-refractivity contribution in [3.63, 3.8) is 0 Å². The molecule has 1 aliphatic heterocycles. The standard InChI is InChI=1S/C25H28Cl3F3N2O4/c1-13-11-22-6-5-17(32(2)21(36)37-12-24(26,27)28)19(13)23(22)7-8-33(20(35)25(29,30)31)18(22)9-14-3-4-15(34)10-16(14)23/h3-4,10,13,17-19,34H,5-9,11-12H2,1-2H3/t13-,17?,18?,19?,22?,23?/m0/s1. The monoisotopic (exact) mass is 582 g/mol. The Labute approximate surface area is 227 Å². The van der Waals surface area contributed by atoms with Crippen LogP contribution in [-0.4, -0.2) is 69.2 Å². The second-order valence-corrected chi connectivity index (χ2v) is 13.5. The summed E-state index contributed by atoms with van der Waals surface area (Å²) in [5.41, 5.74) is 0.540. The van der Waals surface area contributed by atoms with E-state index in [9.17, 15) is 27.9 Å². The van der Waals surface area contributed by atoms with Gasteiger partial charge < -0.3 is 19.6 Å². The molecule has 1 aromatic rings. The Bertz CT molecular complexity index is 1130. The number of phenolic OH excluding ortho intramolecular Hbond substituents is 1. The van der Waals surface area contributed by atoms with Crippen LogP contribution in [0.1, 0.15) is 43.7 Å². The number of nitrogens with zero attached hydrogens (tertiary/aromatic N) is 2. The minimum atomic E-state index is -4.96. The lowest BCUT2D eigenvalue weighted by Gasteiger charge is -2.66. The van der Waals surface area contributed by atoms with Crippen LogP contribution in [0.15, 0.2) is 18.2 Å². The van der Waals surface area contributed by atoms with Crippen molar-refractivity contribution in [3.8, 4) is 5.75 Å². The number of amides is 2. The molecule has 4 bridgehead atoms. The van der Waals surface area contributed by atoms with E-state index in [-0.39, 0.29) is 30.2 Å². The second-order valence-electron chi connectivity index (χ2n) is 11.0. The Morgan fingerprint density at radius 3 is 2.59 bits per heavy atom. The summed E-state index contributed by atoms with van der Waals surface area (Å²) in [4.78, 5) is 28.1. The number of rotatable bonds is 2. The Balaban J connectivity index is 1.60. The van der Waals surface area contributed by atoms with Crippen LogP contribution in [0.25, 0.3) is 0 Å². The molecule has 1 saturated heterocycles. The molecule has 3 aliphatic carbocycles. The highest BCUT2D eigenvalue weighted by Crippen LogP contribution is 2.74. The molecule has 0 radical (unpaired) electrons. The van der Waals surface area contributed by atoms with Crippen LogP contribution in [-0.2, 0) is 21.4 Å². The Morgan fingerprint density at radius 2 is 1.95 bits per heavy atom. The van der Waals surface area contributed by atoms with Gasteiger partial charge >= 0.3 is 18.2 Å².